The lowest BCUT2D eigenvalue weighted by atomic mass is 10.1. The number of nitrogen functional groups attached to an aromatic ring is 1. The van der Waals surface area contributed by atoms with E-state index in [0.29, 0.717) is 24.5 Å². The molecule has 0 spiro atoms. The zero-order valence-electron chi connectivity index (χ0n) is 15.2. The highest BCUT2D eigenvalue weighted by molar-refractivity contribution is 6.15. The molecule has 7 heteroatoms. The van der Waals surface area contributed by atoms with Crippen LogP contribution in [0.3, 0.4) is 0 Å². The number of nitrogens with two attached hydrogens (primary N) is 2. The highest BCUT2D eigenvalue weighted by Gasteiger charge is 2.13. The minimum absolute atomic E-state index is 0.405. The number of rotatable bonds is 4. The quantitative estimate of drug-likeness (QED) is 0.447. The van der Waals surface area contributed by atoms with Crippen molar-refractivity contribution in [2.75, 3.05) is 5.73 Å². The van der Waals surface area contributed by atoms with Crippen molar-refractivity contribution in [2.24, 2.45) is 10.9 Å². The molecule has 0 aromatic carbocycles. The Kier molecular flexibility index (Phi) is 9.53. The van der Waals surface area contributed by atoms with Crippen molar-refractivity contribution < 1.29 is 0 Å². The van der Waals surface area contributed by atoms with Gasteiger partial charge in [-0.3, -0.25) is 4.68 Å². The molecule has 0 unspecified atom stereocenters. The highest BCUT2D eigenvalue weighted by atomic mass is 15.3. The van der Waals surface area contributed by atoms with E-state index >= 15 is 0 Å². The summed E-state index contributed by atoms with van der Waals surface area (Å²) in [5.41, 5.74) is 7.84. The van der Waals surface area contributed by atoms with Gasteiger partial charge in [0.15, 0.2) is 0 Å². The first-order valence-electron chi connectivity index (χ1n) is 8.87. The van der Waals surface area contributed by atoms with Crippen molar-refractivity contribution >= 4 is 11.5 Å². The summed E-state index contributed by atoms with van der Waals surface area (Å²) in [6.07, 6.45) is 13.1. The van der Waals surface area contributed by atoms with Crippen LogP contribution in [-0.2, 0) is 6.54 Å². The zero-order valence-corrected chi connectivity index (χ0v) is 15.2. The van der Waals surface area contributed by atoms with Gasteiger partial charge in [0.05, 0.1) is 25.2 Å². The Morgan fingerprint density at radius 3 is 2.44 bits per heavy atom. The van der Waals surface area contributed by atoms with Crippen LogP contribution in [0.1, 0.15) is 63.5 Å². The highest BCUT2D eigenvalue weighted by Crippen LogP contribution is 2.16. The Morgan fingerprint density at radius 1 is 1.32 bits per heavy atom. The lowest BCUT2D eigenvalue weighted by molar-refractivity contribution is 0.627. The average Bonchev–Trinajstić information content (AvgIpc) is 3.41. The van der Waals surface area contributed by atoms with Crippen LogP contribution in [0.4, 0.5) is 5.82 Å². The summed E-state index contributed by atoms with van der Waals surface area (Å²) < 4.78 is 1.67. The topological polar surface area (TPSA) is 122 Å². The number of aryl methyl sites for hydroxylation is 1. The van der Waals surface area contributed by atoms with Gasteiger partial charge in [0, 0.05) is 23.5 Å². The van der Waals surface area contributed by atoms with E-state index < -0.39 is 0 Å². The minimum atomic E-state index is 0.405. The van der Waals surface area contributed by atoms with Gasteiger partial charge in [-0.2, -0.15) is 15.5 Å². The summed E-state index contributed by atoms with van der Waals surface area (Å²) in [5.74, 6) is 5.91. The summed E-state index contributed by atoms with van der Waals surface area (Å²) in [5, 5.41) is 16.4. The maximum absolute atomic E-state index is 8.52. The van der Waals surface area contributed by atoms with Gasteiger partial charge in [0.25, 0.3) is 0 Å². The molecule has 0 bridgehead atoms. The molecule has 1 aliphatic rings. The number of hydrogen-bond acceptors (Lipinski definition) is 5. The molecule has 5 N–H and O–H groups in total. The Balaban J connectivity index is 0.000000376. The number of nitrogens with one attached hydrogen (secondary N) is 1. The van der Waals surface area contributed by atoms with Crippen LogP contribution in [0.15, 0.2) is 29.8 Å². The third kappa shape index (κ3) is 6.34. The summed E-state index contributed by atoms with van der Waals surface area (Å²) in [7, 11) is 0. The standard InChI is InChI=1S/C11H13N7.C5H10.C2H6/c12-3-1-5-18-7-8(6-16-18)10(17-14)9-2-4-15-11(9)13;1-2-4-5-3-1;1-2/h2,4,6-7,15H,1,5,13-14H2;1-5H2;1-2H3/b17-10-;;. The van der Waals surface area contributed by atoms with E-state index in [2.05, 4.69) is 21.3 Å². The fraction of sp³-hybridized carbons (Fsp3) is 0.500. The van der Waals surface area contributed by atoms with E-state index in [9.17, 15) is 0 Å². The summed E-state index contributed by atoms with van der Waals surface area (Å²) >= 11 is 0. The second-order valence-electron chi connectivity index (χ2n) is 5.45. The molecule has 0 radical (unpaired) electrons. The second kappa shape index (κ2) is 11.7. The first-order valence-corrected chi connectivity index (χ1v) is 8.87. The molecule has 2 aromatic rings. The molecule has 25 heavy (non-hydrogen) atoms. The smallest absolute Gasteiger partial charge is 0.110 e. The van der Waals surface area contributed by atoms with Crippen LogP contribution in [0.5, 0.6) is 0 Å². The van der Waals surface area contributed by atoms with Gasteiger partial charge in [0.1, 0.15) is 11.5 Å². The number of nitriles is 1. The molecule has 2 aromatic heterocycles. The van der Waals surface area contributed by atoms with Crippen LogP contribution in [-0.4, -0.2) is 20.5 Å². The van der Waals surface area contributed by atoms with Gasteiger partial charge in [-0.15, -0.1) is 0 Å². The van der Waals surface area contributed by atoms with Crippen LogP contribution in [0.2, 0.25) is 0 Å². The number of anilines is 1. The Labute approximate surface area is 149 Å². The molecular formula is C18H29N7. The Morgan fingerprint density at radius 2 is 1.96 bits per heavy atom. The van der Waals surface area contributed by atoms with Crippen LogP contribution < -0.4 is 11.6 Å². The summed E-state index contributed by atoms with van der Waals surface area (Å²) in [6.45, 7) is 4.54. The number of nitrogens with zero attached hydrogens (tertiary/aromatic N) is 4. The fourth-order valence-corrected chi connectivity index (χ4v) is 2.54. The van der Waals surface area contributed by atoms with Crippen LogP contribution >= 0.6 is 0 Å². The SMILES string of the molecule is C1CCCC1.CC.N#CCCn1cc(/C(=N/N)c2cc[nH]c2N)cn1. The fourth-order valence-electron chi connectivity index (χ4n) is 2.54. The summed E-state index contributed by atoms with van der Waals surface area (Å²) in [4.78, 5) is 2.87. The lowest BCUT2D eigenvalue weighted by Gasteiger charge is -2.01. The van der Waals surface area contributed by atoms with Gasteiger partial charge >= 0.3 is 0 Å². The number of hydrogen-bond donors (Lipinski definition) is 3. The van der Waals surface area contributed by atoms with Crippen molar-refractivity contribution in [3.05, 3.63) is 35.8 Å². The molecule has 0 atom stereocenters. The molecule has 2 heterocycles. The van der Waals surface area contributed by atoms with E-state index in [4.69, 9.17) is 16.8 Å². The number of aromatic amines is 1. The molecule has 1 saturated carbocycles. The second-order valence-corrected chi connectivity index (χ2v) is 5.45. The van der Waals surface area contributed by atoms with Crippen LogP contribution in [0.25, 0.3) is 0 Å². The molecule has 1 aliphatic carbocycles. The van der Waals surface area contributed by atoms with Crippen molar-refractivity contribution in [1.82, 2.24) is 14.8 Å². The Bertz CT molecular complexity index is 664. The lowest BCUT2D eigenvalue weighted by Crippen LogP contribution is -2.07. The van der Waals surface area contributed by atoms with E-state index in [0.717, 1.165) is 11.1 Å². The molecule has 0 saturated heterocycles. The van der Waals surface area contributed by atoms with E-state index in [1.165, 1.54) is 32.1 Å². The van der Waals surface area contributed by atoms with Gasteiger partial charge in [-0.25, -0.2) is 0 Å². The maximum Gasteiger partial charge on any atom is 0.110 e. The predicted molar refractivity (Wildman–Crippen MR) is 102 cm³/mol. The monoisotopic (exact) mass is 343 g/mol. The maximum atomic E-state index is 8.52. The number of hydrazone groups is 1. The molecule has 0 aliphatic heterocycles. The van der Waals surface area contributed by atoms with Crippen molar-refractivity contribution in [3.63, 3.8) is 0 Å². The summed E-state index contributed by atoms with van der Waals surface area (Å²) in [6, 6.07) is 3.86. The molecule has 3 rings (SSSR count). The Hall–Kier alpha value is -2.75. The van der Waals surface area contributed by atoms with E-state index in [1.807, 2.05) is 13.8 Å². The van der Waals surface area contributed by atoms with Crippen molar-refractivity contribution in [3.8, 4) is 6.07 Å². The van der Waals surface area contributed by atoms with E-state index in [1.54, 1.807) is 29.3 Å². The van der Waals surface area contributed by atoms with Gasteiger partial charge in [-0.05, 0) is 6.07 Å². The zero-order chi connectivity index (χ0) is 18.5. The van der Waals surface area contributed by atoms with Crippen molar-refractivity contribution in [1.29, 1.82) is 5.26 Å². The molecule has 1 fully saturated rings. The van der Waals surface area contributed by atoms with Crippen molar-refractivity contribution in [2.45, 2.75) is 58.9 Å². The van der Waals surface area contributed by atoms with Gasteiger partial charge in [-0.1, -0.05) is 46.0 Å². The number of H-pyrrole nitrogens is 1. The number of aromatic nitrogens is 3. The molecule has 136 valence electrons. The molecule has 0 amide bonds. The third-order valence-corrected chi connectivity index (χ3v) is 3.77. The minimum Gasteiger partial charge on any atom is -0.385 e. The first-order chi connectivity index (χ1) is 12.3. The van der Waals surface area contributed by atoms with Gasteiger partial charge in [0.2, 0.25) is 0 Å². The first kappa shape index (κ1) is 20.3. The largest absolute Gasteiger partial charge is 0.385 e. The van der Waals surface area contributed by atoms with E-state index in [-0.39, 0.29) is 0 Å². The molecule has 7 nitrogen and oxygen atoms in total. The predicted octanol–water partition coefficient (Wildman–Crippen LogP) is 3.39. The molecular weight excluding hydrogens is 314 g/mol. The van der Waals surface area contributed by atoms with Crippen LogP contribution in [0, 0.1) is 11.3 Å². The normalized spacial score (nSPS) is 13.2. The average molecular weight is 343 g/mol. The third-order valence-electron chi connectivity index (χ3n) is 3.77. The van der Waals surface area contributed by atoms with Gasteiger partial charge < -0.3 is 16.6 Å².